The number of hydrogen-bond donors (Lipinski definition) is 0. The van der Waals surface area contributed by atoms with E-state index in [0.29, 0.717) is 30.4 Å². The Kier molecular flexibility index (Phi) is 7.75. The van der Waals surface area contributed by atoms with Gasteiger partial charge in [-0.3, -0.25) is 4.79 Å². The molecule has 0 N–H and O–H groups in total. The zero-order chi connectivity index (χ0) is 23.2. The van der Waals surface area contributed by atoms with Crippen LogP contribution in [0.4, 0.5) is 10.3 Å². The van der Waals surface area contributed by atoms with Crippen LogP contribution >= 0.6 is 0 Å². The van der Waals surface area contributed by atoms with Crippen LogP contribution in [0.5, 0.6) is 5.75 Å². The number of hydrogen-bond acceptors (Lipinski definition) is 7. The van der Waals surface area contributed by atoms with Crippen molar-refractivity contribution in [2.45, 2.75) is 38.7 Å². The molecule has 0 radical (unpaired) electrons. The molecule has 2 atom stereocenters. The monoisotopic (exact) mass is 457 g/mol. The van der Waals surface area contributed by atoms with Gasteiger partial charge in [-0.15, -0.1) is 0 Å². The summed E-state index contributed by atoms with van der Waals surface area (Å²) in [6, 6.07) is 4.65. The van der Waals surface area contributed by atoms with Gasteiger partial charge in [-0.2, -0.15) is 0 Å². The number of benzene rings is 1. The highest BCUT2D eigenvalue weighted by molar-refractivity contribution is 5.72. The molecule has 33 heavy (non-hydrogen) atoms. The summed E-state index contributed by atoms with van der Waals surface area (Å²) in [7, 11) is 2.96. The number of halogens is 1. The van der Waals surface area contributed by atoms with Gasteiger partial charge in [0.25, 0.3) is 0 Å². The van der Waals surface area contributed by atoms with E-state index in [0.717, 1.165) is 55.7 Å². The van der Waals surface area contributed by atoms with Crippen LogP contribution in [0.25, 0.3) is 0 Å². The Morgan fingerprint density at radius 3 is 2.61 bits per heavy atom. The lowest BCUT2D eigenvalue weighted by atomic mass is 9.90. The average Bonchev–Trinajstić information content (AvgIpc) is 3.61. The van der Waals surface area contributed by atoms with Gasteiger partial charge in [-0.1, -0.05) is 6.07 Å². The van der Waals surface area contributed by atoms with Gasteiger partial charge in [0.05, 0.1) is 26.7 Å². The lowest BCUT2D eigenvalue weighted by molar-refractivity contribution is -0.139. The summed E-state index contributed by atoms with van der Waals surface area (Å²) in [4.78, 5) is 22.6. The quantitative estimate of drug-likeness (QED) is 0.503. The second kappa shape index (κ2) is 10.9. The number of piperidine rings is 1. The fourth-order valence-electron chi connectivity index (χ4n) is 4.78. The standard InChI is InChI=1S/C25H32FN3O4/c1-31-16-17-14-27-25(28-15-17)29-8-5-18(6-9-29)22-11-19(22)7-10-33-21-4-3-20(23(26)13-21)12-24(30)32-2/h3-4,13-15,18-19,22H,5-12,16H2,1-2H3. The highest BCUT2D eigenvalue weighted by atomic mass is 19.1. The van der Waals surface area contributed by atoms with E-state index < -0.39 is 11.8 Å². The first-order valence-corrected chi connectivity index (χ1v) is 11.6. The smallest absolute Gasteiger partial charge is 0.310 e. The molecule has 0 spiro atoms. The van der Waals surface area contributed by atoms with Crippen LogP contribution in [-0.4, -0.2) is 49.9 Å². The van der Waals surface area contributed by atoms with Crippen molar-refractivity contribution in [1.82, 2.24) is 9.97 Å². The molecule has 2 fully saturated rings. The first-order valence-electron chi connectivity index (χ1n) is 11.6. The van der Waals surface area contributed by atoms with Crippen LogP contribution in [0.3, 0.4) is 0 Å². The first-order chi connectivity index (χ1) is 16.1. The highest BCUT2D eigenvalue weighted by Crippen LogP contribution is 2.49. The average molecular weight is 458 g/mol. The van der Waals surface area contributed by atoms with E-state index in [1.54, 1.807) is 19.2 Å². The molecule has 2 aromatic rings. The van der Waals surface area contributed by atoms with E-state index in [1.165, 1.54) is 19.6 Å². The number of nitrogens with zero attached hydrogens (tertiary/aromatic N) is 3. The number of carbonyl (C=O) groups is 1. The second-order valence-corrected chi connectivity index (χ2v) is 8.95. The molecule has 1 saturated heterocycles. The summed E-state index contributed by atoms with van der Waals surface area (Å²) in [5.41, 5.74) is 1.30. The molecular formula is C25H32FN3O4. The topological polar surface area (TPSA) is 73.8 Å². The molecule has 2 aliphatic rings. The maximum atomic E-state index is 14.2. The third kappa shape index (κ3) is 6.19. The fraction of sp³-hybridized carbons (Fsp3) is 0.560. The van der Waals surface area contributed by atoms with Crippen molar-refractivity contribution < 1.29 is 23.4 Å². The number of carbonyl (C=O) groups excluding carboxylic acids is 1. The van der Waals surface area contributed by atoms with Crippen molar-refractivity contribution in [1.29, 1.82) is 0 Å². The van der Waals surface area contributed by atoms with E-state index in [-0.39, 0.29) is 6.42 Å². The molecule has 0 amide bonds. The Morgan fingerprint density at radius 1 is 1.18 bits per heavy atom. The molecular weight excluding hydrogens is 425 g/mol. The molecule has 1 aliphatic heterocycles. The summed E-state index contributed by atoms with van der Waals surface area (Å²) in [5.74, 6) is 2.61. The van der Waals surface area contributed by atoms with Crippen LogP contribution in [-0.2, 0) is 27.3 Å². The predicted octanol–water partition coefficient (Wildman–Crippen LogP) is 3.80. The maximum absolute atomic E-state index is 14.2. The Morgan fingerprint density at radius 2 is 1.94 bits per heavy atom. The number of rotatable bonds is 10. The van der Waals surface area contributed by atoms with Gasteiger partial charge in [0.2, 0.25) is 5.95 Å². The van der Waals surface area contributed by atoms with Gasteiger partial charge in [0.15, 0.2) is 0 Å². The third-order valence-electron chi connectivity index (χ3n) is 6.75. The Hall–Kier alpha value is -2.74. The highest BCUT2D eigenvalue weighted by Gasteiger charge is 2.43. The van der Waals surface area contributed by atoms with Gasteiger partial charge in [-0.05, 0) is 55.1 Å². The van der Waals surface area contributed by atoms with Gasteiger partial charge in [0.1, 0.15) is 11.6 Å². The molecule has 1 aromatic heterocycles. The lowest BCUT2D eigenvalue weighted by Gasteiger charge is -2.32. The van der Waals surface area contributed by atoms with Crippen LogP contribution < -0.4 is 9.64 Å². The molecule has 4 rings (SSSR count). The number of anilines is 1. The third-order valence-corrected chi connectivity index (χ3v) is 6.75. The van der Waals surface area contributed by atoms with Crippen molar-refractivity contribution in [2.24, 2.45) is 17.8 Å². The maximum Gasteiger partial charge on any atom is 0.310 e. The van der Waals surface area contributed by atoms with E-state index in [9.17, 15) is 9.18 Å². The molecule has 8 heteroatoms. The number of ether oxygens (including phenoxy) is 3. The van der Waals surface area contributed by atoms with Gasteiger partial charge in [0, 0.05) is 44.2 Å². The van der Waals surface area contributed by atoms with E-state index >= 15 is 0 Å². The SMILES string of the molecule is COCc1cnc(N2CCC(C3CC3CCOc3ccc(CC(=O)OC)c(F)c3)CC2)nc1. The molecule has 2 unspecified atom stereocenters. The summed E-state index contributed by atoms with van der Waals surface area (Å²) >= 11 is 0. The van der Waals surface area contributed by atoms with Crippen LogP contribution in [0.2, 0.25) is 0 Å². The second-order valence-electron chi connectivity index (χ2n) is 8.95. The zero-order valence-electron chi connectivity index (χ0n) is 19.3. The minimum absolute atomic E-state index is 0.0730. The minimum Gasteiger partial charge on any atom is -0.493 e. The summed E-state index contributed by atoms with van der Waals surface area (Å²) < 4.78 is 29.6. The van der Waals surface area contributed by atoms with Crippen molar-refractivity contribution in [3.63, 3.8) is 0 Å². The van der Waals surface area contributed by atoms with Crippen LogP contribution in [0.1, 0.15) is 36.8 Å². The van der Waals surface area contributed by atoms with Crippen molar-refractivity contribution >= 4 is 11.9 Å². The Bertz CT molecular complexity index is 932. The Balaban J connectivity index is 1.16. The van der Waals surface area contributed by atoms with Crippen LogP contribution in [0, 0.1) is 23.6 Å². The molecule has 178 valence electrons. The normalized spacial score (nSPS) is 20.5. The first kappa shape index (κ1) is 23.4. The summed E-state index contributed by atoms with van der Waals surface area (Å²) in [5, 5.41) is 0. The fourth-order valence-corrected chi connectivity index (χ4v) is 4.78. The lowest BCUT2D eigenvalue weighted by Crippen LogP contribution is -2.35. The van der Waals surface area contributed by atoms with Gasteiger partial charge in [-0.25, -0.2) is 14.4 Å². The number of esters is 1. The predicted molar refractivity (Wildman–Crippen MR) is 122 cm³/mol. The van der Waals surface area contributed by atoms with Crippen LogP contribution in [0.15, 0.2) is 30.6 Å². The Labute approximate surface area is 194 Å². The van der Waals surface area contributed by atoms with Gasteiger partial charge >= 0.3 is 5.97 Å². The number of aromatic nitrogens is 2. The molecule has 7 nitrogen and oxygen atoms in total. The number of methoxy groups -OCH3 is 2. The van der Waals surface area contributed by atoms with Crippen molar-refractivity contribution in [3.8, 4) is 5.75 Å². The van der Waals surface area contributed by atoms with Crippen molar-refractivity contribution in [2.75, 3.05) is 38.8 Å². The molecule has 1 aliphatic carbocycles. The molecule has 1 saturated carbocycles. The zero-order valence-corrected chi connectivity index (χ0v) is 19.3. The molecule has 2 heterocycles. The van der Waals surface area contributed by atoms with Gasteiger partial charge < -0.3 is 19.1 Å². The van der Waals surface area contributed by atoms with E-state index in [1.807, 2.05) is 12.4 Å². The summed E-state index contributed by atoms with van der Waals surface area (Å²) in [6.07, 6.45) is 8.18. The molecule has 1 aromatic carbocycles. The largest absolute Gasteiger partial charge is 0.493 e. The minimum atomic E-state index is -0.458. The molecule has 0 bridgehead atoms. The summed E-state index contributed by atoms with van der Waals surface area (Å²) in [6.45, 7) is 3.10. The van der Waals surface area contributed by atoms with E-state index in [2.05, 4.69) is 19.6 Å². The van der Waals surface area contributed by atoms with Crippen molar-refractivity contribution in [3.05, 3.63) is 47.5 Å². The van der Waals surface area contributed by atoms with E-state index in [4.69, 9.17) is 9.47 Å².